The number of H-pyrrole nitrogens is 1. The van der Waals surface area contributed by atoms with Crippen LogP contribution in [-0.2, 0) is 17.9 Å². The second-order valence-electron chi connectivity index (χ2n) is 9.45. The Kier molecular flexibility index (Phi) is 7.72. The quantitative estimate of drug-likeness (QED) is 0.328. The summed E-state index contributed by atoms with van der Waals surface area (Å²) in [4.78, 5) is 42.4. The third-order valence-corrected chi connectivity index (χ3v) is 6.26. The first-order chi connectivity index (χ1) is 17.7. The summed E-state index contributed by atoms with van der Waals surface area (Å²) in [7, 11) is 0. The van der Waals surface area contributed by atoms with Crippen molar-refractivity contribution in [1.82, 2.24) is 9.88 Å². The molecule has 0 saturated carbocycles. The number of carbonyl (C=O) groups is 2. The van der Waals surface area contributed by atoms with Gasteiger partial charge < -0.3 is 19.7 Å². The highest BCUT2D eigenvalue weighted by atomic mass is 16.5. The summed E-state index contributed by atoms with van der Waals surface area (Å²) in [6.45, 7) is 5.91. The van der Waals surface area contributed by atoms with Crippen LogP contribution in [0.1, 0.15) is 52.4 Å². The molecule has 0 aliphatic rings. The molecule has 0 saturated heterocycles. The molecule has 7 heteroatoms. The Morgan fingerprint density at radius 3 is 2.43 bits per heavy atom. The molecule has 3 aromatic carbocycles. The molecule has 4 rings (SSSR count). The number of carbonyl (C=O) groups excluding carboxylic acids is 1. The van der Waals surface area contributed by atoms with E-state index < -0.39 is 5.97 Å². The molecule has 0 aliphatic carbocycles. The molecule has 0 fully saturated rings. The number of carboxylic acids is 1. The second kappa shape index (κ2) is 11.1. The number of rotatable bonds is 9. The summed E-state index contributed by atoms with van der Waals surface area (Å²) < 4.78 is 5.71. The normalized spacial score (nSPS) is 11.0. The number of aromatic carboxylic acids is 1. The number of benzene rings is 3. The van der Waals surface area contributed by atoms with Crippen LogP contribution in [0.25, 0.3) is 10.9 Å². The average molecular weight is 499 g/mol. The molecule has 190 valence electrons. The first-order valence-corrected chi connectivity index (χ1v) is 12.2. The van der Waals surface area contributed by atoms with Gasteiger partial charge in [-0.15, -0.1) is 0 Å². The molecule has 0 unspecified atom stereocenters. The van der Waals surface area contributed by atoms with Crippen LogP contribution in [0, 0.1) is 6.92 Å². The summed E-state index contributed by atoms with van der Waals surface area (Å²) in [6, 6.07) is 22.0. The molecule has 7 nitrogen and oxygen atoms in total. The van der Waals surface area contributed by atoms with E-state index in [1.807, 2.05) is 69.3 Å². The SMILES string of the molecule is Cc1ccc2[nH]c(=O)c(CN(Cc3ccccc3)C(=O)COc3ccc(C(C)C)cc3C(=O)O)cc2c1. The molecule has 0 spiro atoms. The van der Waals surface area contributed by atoms with Crippen molar-refractivity contribution in [3.05, 3.63) is 111 Å². The molecule has 37 heavy (non-hydrogen) atoms. The van der Waals surface area contributed by atoms with Crippen LogP contribution in [0.2, 0.25) is 0 Å². The van der Waals surface area contributed by atoms with Gasteiger partial charge >= 0.3 is 5.97 Å². The minimum Gasteiger partial charge on any atom is -0.483 e. The molecule has 0 aliphatic heterocycles. The number of ether oxygens (including phenoxy) is 1. The number of aromatic nitrogens is 1. The maximum atomic E-state index is 13.4. The van der Waals surface area contributed by atoms with Gasteiger partial charge in [0.25, 0.3) is 11.5 Å². The third-order valence-electron chi connectivity index (χ3n) is 6.26. The number of pyridine rings is 1. The van der Waals surface area contributed by atoms with Gasteiger partial charge in [-0.2, -0.15) is 0 Å². The molecular weight excluding hydrogens is 468 g/mol. The Balaban J connectivity index is 1.60. The predicted molar refractivity (Wildman–Crippen MR) is 143 cm³/mol. The van der Waals surface area contributed by atoms with E-state index in [-0.39, 0.29) is 48.4 Å². The number of aromatic amines is 1. The molecular formula is C30H30N2O5. The zero-order chi connectivity index (χ0) is 26.5. The fourth-order valence-electron chi connectivity index (χ4n) is 4.16. The van der Waals surface area contributed by atoms with Gasteiger partial charge in [0.05, 0.1) is 6.54 Å². The number of nitrogens with zero attached hydrogens (tertiary/aromatic N) is 1. The van der Waals surface area contributed by atoms with Crippen molar-refractivity contribution in [1.29, 1.82) is 0 Å². The lowest BCUT2D eigenvalue weighted by atomic mass is 10.0. The Morgan fingerprint density at radius 2 is 1.73 bits per heavy atom. The van der Waals surface area contributed by atoms with Crippen molar-refractivity contribution in [2.24, 2.45) is 0 Å². The van der Waals surface area contributed by atoms with E-state index in [0.717, 1.165) is 27.6 Å². The van der Waals surface area contributed by atoms with Crippen molar-refractivity contribution < 1.29 is 19.4 Å². The number of fused-ring (bicyclic) bond motifs is 1. The number of hydrogen-bond donors (Lipinski definition) is 2. The maximum absolute atomic E-state index is 13.4. The highest BCUT2D eigenvalue weighted by molar-refractivity contribution is 5.91. The Hall–Kier alpha value is -4.39. The average Bonchev–Trinajstić information content (AvgIpc) is 2.87. The largest absolute Gasteiger partial charge is 0.483 e. The number of carboxylic acid groups (broad SMARTS) is 1. The van der Waals surface area contributed by atoms with Gasteiger partial charge in [-0.1, -0.05) is 61.9 Å². The molecule has 0 bridgehead atoms. The van der Waals surface area contributed by atoms with E-state index in [9.17, 15) is 19.5 Å². The fraction of sp³-hybridized carbons (Fsp3) is 0.233. The summed E-state index contributed by atoms with van der Waals surface area (Å²) in [6.07, 6.45) is 0. The molecule has 1 heterocycles. The number of aryl methyl sites for hydroxylation is 1. The van der Waals surface area contributed by atoms with Crippen molar-refractivity contribution in [2.75, 3.05) is 6.61 Å². The number of hydrogen-bond acceptors (Lipinski definition) is 4. The molecule has 0 atom stereocenters. The molecule has 2 N–H and O–H groups in total. The van der Waals surface area contributed by atoms with Crippen LogP contribution in [-0.4, -0.2) is 33.5 Å². The van der Waals surface area contributed by atoms with E-state index in [2.05, 4.69) is 4.98 Å². The van der Waals surface area contributed by atoms with Gasteiger partial charge in [-0.05, 0) is 59.7 Å². The topological polar surface area (TPSA) is 99.7 Å². The smallest absolute Gasteiger partial charge is 0.339 e. The van der Waals surface area contributed by atoms with E-state index in [1.54, 1.807) is 29.2 Å². The zero-order valence-corrected chi connectivity index (χ0v) is 21.2. The van der Waals surface area contributed by atoms with Crippen LogP contribution in [0.15, 0.2) is 77.6 Å². The van der Waals surface area contributed by atoms with E-state index in [1.165, 1.54) is 0 Å². The van der Waals surface area contributed by atoms with Gasteiger partial charge in [-0.25, -0.2) is 4.79 Å². The summed E-state index contributed by atoms with van der Waals surface area (Å²) in [5.74, 6) is -1.20. The van der Waals surface area contributed by atoms with Crippen LogP contribution in [0.5, 0.6) is 5.75 Å². The standard InChI is InChI=1S/C30H30N2O5/c1-19(2)22-10-12-27(25(15-22)30(35)36)37-18-28(33)32(16-21-7-5-4-6-8-21)17-24-14-23-13-20(3)9-11-26(23)31-29(24)34/h4-15,19H,16-18H2,1-3H3,(H,31,34)(H,35,36). The summed E-state index contributed by atoms with van der Waals surface area (Å²) in [5.41, 5.74) is 3.76. The zero-order valence-electron chi connectivity index (χ0n) is 21.2. The Bertz CT molecular complexity index is 1490. The first kappa shape index (κ1) is 25.7. The summed E-state index contributed by atoms with van der Waals surface area (Å²) >= 11 is 0. The number of amides is 1. The lowest BCUT2D eigenvalue weighted by Crippen LogP contribution is -2.36. The van der Waals surface area contributed by atoms with Gasteiger partial charge in [0.2, 0.25) is 0 Å². The molecule has 1 aromatic heterocycles. The minimum atomic E-state index is -1.12. The van der Waals surface area contributed by atoms with Gasteiger partial charge in [0, 0.05) is 17.6 Å². The lowest BCUT2D eigenvalue weighted by Gasteiger charge is -2.23. The molecule has 1 amide bonds. The monoisotopic (exact) mass is 498 g/mol. The fourth-order valence-corrected chi connectivity index (χ4v) is 4.16. The van der Waals surface area contributed by atoms with Crippen molar-refractivity contribution in [2.45, 2.75) is 39.8 Å². The lowest BCUT2D eigenvalue weighted by molar-refractivity contribution is -0.134. The van der Waals surface area contributed by atoms with Crippen LogP contribution in [0.4, 0.5) is 0 Å². The highest BCUT2D eigenvalue weighted by Crippen LogP contribution is 2.25. The van der Waals surface area contributed by atoms with Crippen LogP contribution in [0.3, 0.4) is 0 Å². The van der Waals surface area contributed by atoms with Crippen molar-refractivity contribution >= 4 is 22.8 Å². The van der Waals surface area contributed by atoms with Gasteiger partial charge in [0.15, 0.2) is 6.61 Å². The molecule has 0 radical (unpaired) electrons. The van der Waals surface area contributed by atoms with Crippen molar-refractivity contribution in [3.63, 3.8) is 0 Å². The van der Waals surface area contributed by atoms with E-state index in [0.29, 0.717) is 5.56 Å². The third kappa shape index (κ3) is 6.25. The Labute approximate surface area is 215 Å². The van der Waals surface area contributed by atoms with Crippen LogP contribution < -0.4 is 10.3 Å². The maximum Gasteiger partial charge on any atom is 0.339 e. The van der Waals surface area contributed by atoms with Gasteiger partial charge in [0.1, 0.15) is 11.3 Å². The number of nitrogens with one attached hydrogen (secondary N) is 1. The predicted octanol–water partition coefficient (Wildman–Crippen LogP) is 5.27. The minimum absolute atomic E-state index is 0.00922. The van der Waals surface area contributed by atoms with Crippen molar-refractivity contribution in [3.8, 4) is 5.75 Å². The second-order valence-corrected chi connectivity index (χ2v) is 9.45. The van der Waals surface area contributed by atoms with Gasteiger partial charge in [-0.3, -0.25) is 9.59 Å². The summed E-state index contributed by atoms with van der Waals surface area (Å²) in [5, 5.41) is 10.5. The molecule has 4 aromatic rings. The van der Waals surface area contributed by atoms with E-state index >= 15 is 0 Å². The highest BCUT2D eigenvalue weighted by Gasteiger charge is 2.20. The first-order valence-electron chi connectivity index (χ1n) is 12.2. The van der Waals surface area contributed by atoms with E-state index in [4.69, 9.17) is 4.74 Å². The Morgan fingerprint density at radius 1 is 0.973 bits per heavy atom. The van der Waals surface area contributed by atoms with Crippen LogP contribution >= 0.6 is 0 Å².